The van der Waals surface area contributed by atoms with Crippen LogP contribution in [0.25, 0.3) is 0 Å². The number of amidine groups is 2. The van der Waals surface area contributed by atoms with Crippen molar-refractivity contribution in [1.82, 2.24) is 9.80 Å². The highest BCUT2D eigenvalue weighted by Crippen LogP contribution is 2.30. The summed E-state index contributed by atoms with van der Waals surface area (Å²) in [7, 11) is 0. The van der Waals surface area contributed by atoms with E-state index in [1.807, 2.05) is 12.1 Å². The van der Waals surface area contributed by atoms with Gasteiger partial charge in [-0.15, -0.1) is 0 Å². The molecule has 0 atom stereocenters. The Labute approximate surface area is 232 Å². The summed E-state index contributed by atoms with van der Waals surface area (Å²) in [6.45, 7) is 13.4. The number of hydrogen-bond acceptors (Lipinski definition) is 2. The molecule has 0 saturated carbocycles. The topological polar surface area (TPSA) is 31.2 Å². The predicted octanol–water partition coefficient (Wildman–Crippen LogP) is 8.44. The lowest BCUT2D eigenvalue weighted by molar-refractivity contribution is 0.449. The van der Waals surface area contributed by atoms with Gasteiger partial charge in [0.2, 0.25) is 0 Å². The van der Waals surface area contributed by atoms with E-state index in [-0.39, 0.29) is 0 Å². The summed E-state index contributed by atoms with van der Waals surface area (Å²) in [5.74, 6) is 1.83. The Morgan fingerprint density at radius 3 is 1.18 bits per heavy atom. The van der Waals surface area contributed by atoms with Gasteiger partial charge in [-0.3, -0.25) is 0 Å². The van der Waals surface area contributed by atoms with Crippen molar-refractivity contribution in [2.24, 2.45) is 9.98 Å². The van der Waals surface area contributed by atoms with Crippen molar-refractivity contribution in [2.75, 3.05) is 6.67 Å². The Morgan fingerprint density at radius 2 is 0.846 bits per heavy atom. The van der Waals surface area contributed by atoms with E-state index in [1.165, 1.54) is 33.4 Å². The van der Waals surface area contributed by atoms with Crippen LogP contribution in [0.1, 0.15) is 44.5 Å². The molecule has 4 heteroatoms. The molecule has 0 fully saturated rings. The second-order valence-corrected chi connectivity index (χ2v) is 10.5. The van der Waals surface area contributed by atoms with E-state index in [2.05, 4.69) is 137 Å². The van der Waals surface area contributed by atoms with Crippen LogP contribution in [0.2, 0.25) is 0 Å². The predicted molar refractivity (Wildman–Crippen MR) is 164 cm³/mol. The fourth-order valence-corrected chi connectivity index (χ4v) is 5.37. The van der Waals surface area contributed by atoms with Crippen LogP contribution in [0.15, 0.2) is 107 Å². The van der Waals surface area contributed by atoms with Crippen molar-refractivity contribution in [3.05, 3.63) is 142 Å². The largest absolute Gasteiger partial charge is 0.312 e. The van der Waals surface area contributed by atoms with E-state index in [9.17, 15) is 0 Å². The maximum absolute atomic E-state index is 5.26. The number of nitrogens with zero attached hydrogens (tertiary/aromatic N) is 4. The maximum Gasteiger partial charge on any atom is 0.142 e. The Hall–Kier alpha value is -4.44. The highest BCUT2D eigenvalue weighted by Gasteiger charge is 2.24. The SMILES string of the molecule is Cc1cc(C)c(N=C(c2ccccc2)N2C=CN(C(=Nc3c(C)cc(C)cc3C)c3ccccc3)C2)c(C)c1. The van der Waals surface area contributed by atoms with Crippen molar-refractivity contribution < 1.29 is 0 Å². The average molecular weight is 513 g/mol. The van der Waals surface area contributed by atoms with Gasteiger partial charge < -0.3 is 9.80 Å². The fourth-order valence-electron chi connectivity index (χ4n) is 5.37. The zero-order chi connectivity index (χ0) is 27.5. The normalized spacial score (nSPS) is 13.9. The molecule has 0 unspecified atom stereocenters. The second kappa shape index (κ2) is 11.1. The van der Waals surface area contributed by atoms with Crippen molar-refractivity contribution >= 4 is 23.0 Å². The summed E-state index contributed by atoms with van der Waals surface area (Å²) < 4.78 is 0. The summed E-state index contributed by atoms with van der Waals surface area (Å²) in [6.07, 6.45) is 4.22. The van der Waals surface area contributed by atoms with Gasteiger partial charge in [0.05, 0.1) is 11.4 Å². The van der Waals surface area contributed by atoms with Crippen molar-refractivity contribution in [3.63, 3.8) is 0 Å². The molecule has 1 aliphatic rings. The maximum atomic E-state index is 5.26. The third kappa shape index (κ3) is 5.70. The van der Waals surface area contributed by atoms with E-state index >= 15 is 0 Å². The van der Waals surface area contributed by atoms with Gasteiger partial charge in [-0.05, 0) is 63.8 Å². The molecule has 0 aliphatic carbocycles. The molecule has 0 amide bonds. The quantitative estimate of drug-likeness (QED) is 0.203. The van der Waals surface area contributed by atoms with E-state index < -0.39 is 0 Å². The van der Waals surface area contributed by atoms with Crippen LogP contribution >= 0.6 is 0 Å². The number of hydrogen-bond donors (Lipinski definition) is 0. The molecule has 4 aromatic carbocycles. The van der Waals surface area contributed by atoms with Crippen LogP contribution in [-0.4, -0.2) is 28.1 Å². The van der Waals surface area contributed by atoms with Crippen LogP contribution in [-0.2, 0) is 0 Å². The average Bonchev–Trinajstić information content (AvgIpc) is 3.38. The summed E-state index contributed by atoms with van der Waals surface area (Å²) in [4.78, 5) is 14.9. The lowest BCUT2D eigenvalue weighted by Crippen LogP contribution is -2.34. The summed E-state index contributed by atoms with van der Waals surface area (Å²) in [5.41, 5.74) is 11.4. The molecule has 196 valence electrons. The molecular formula is C35H36N4. The number of aryl methyl sites for hydroxylation is 6. The first kappa shape index (κ1) is 26.2. The standard InChI is InChI=1S/C35H36N4/c1-24-19-26(3)32(27(4)20-24)36-34(30-13-9-7-10-14-30)38-17-18-39(23-38)35(31-15-11-8-12-16-31)37-33-28(5)21-25(2)22-29(33)6/h7-22H,23H2,1-6H3. The minimum Gasteiger partial charge on any atom is -0.312 e. The summed E-state index contributed by atoms with van der Waals surface area (Å²) >= 11 is 0. The monoisotopic (exact) mass is 512 g/mol. The Bertz CT molecular complexity index is 1410. The molecule has 4 nitrogen and oxygen atoms in total. The molecule has 39 heavy (non-hydrogen) atoms. The van der Waals surface area contributed by atoms with Gasteiger partial charge in [0, 0.05) is 23.5 Å². The van der Waals surface area contributed by atoms with Crippen molar-refractivity contribution in [3.8, 4) is 0 Å². The van der Waals surface area contributed by atoms with Gasteiger partial charge in [0.25, 0.3) is 0 Å². The molecule has 0 spiro atoms. The van der Waals surface area contributed by atoms with Gasteiger partial charge in [0.1, 0.15) is 18.3 Å². The first-order valence-electron chi connectivity index (χ1n) is 13.5. The fraction of sp³-hybridized carbons (Fsp3) is 0.200. The smallest absolute Gasteiger partial charge is 0.142 e. The molecule has 1 heterocycles. The first-order valence-corrected chi connectivity index (χ1v) is 13.5. The molecule has 5 rings (SSSR count). The molecule has 1 aliphatic heterocycles. The van der Waals surface area contributed by atoms with Gasteiger partial charge in [-0.2, -0.15) is 0 Å². The zero-order valence-electron chi connectivity index (χ0n) is 23.7. The van der Waals surface area contributed by atoms with Crippen LogP contribution in [0.5, 0.6) is 0 Å². The van der Waals surface area contributed by atoms with Crippen LogP contribution in [0.3, 0.4) is 0 Å². The third-order valence-electron chi connectivity index (χ3n) is 7.05. The van der Waals surface area contributed by atoms with Crippen LogP contribution in [0.4, 0.5) is 11.4 Å². The van der Waals surface area contributed by atoms with E-state index in [0.717, 1.165) is 34.2 Å². The molecule has 0 radical (unpaired) electrons. The van der Waals surface area contributed by atoms with Crippen LogP contribution in [0, 0.1) is 41.5 Å². The first-order chi connectivity index (χ1) is 18.8. The van der Waals surface area contributed by atoms with E-state index in [4.69, 9.17) is 9.98 Å². The minimum absolute atomic E-state index is 0.607. The molecule has 0 saturated heterocycles. The van der Waals surface area contributed by atoms with Crippen LogP contribution < -0.4 is 0 Å². The van der Waals surface area contributed by atoms with Gasteiger partial charge in [-0.25, -0.2) is 9.98 Å². The lowest BCUT2D eigenvalue weighted by Gasteiger charge is -2.25. The minimum atomic E-state index is 0.607. The van der Waals surface area contributed by atoms with Crippen molar-refractivity contribution in [1.29, 1.82) is 0 Å². The number of rotatable bonds is 4. The molecule has 4 aromatic rings. The molecule has 0 bridgehead atoms. The van der Waals surface area contributed by atoms with E-state index in [1.54, 1.807) is 0 Å². The molecular weight excluding hydrogens is 476 g/mol. The summed E-state index contributed by atoms with van der Waals surface area (Å²) in [5, 5.41) is 0. The van der Waals surface area contributed by atoms with E-state index in [0.29, 0.717) is 6.67 Å². The molecule has 0 N–H and O–H groups in total. The highest BCUT2D eigenvalue weighted by atomic mass is 15.4. The Kier molecular flexibility index (Phi) is 7.47. The zero-order valence-corrected chi connectivity index (χ0v) is 23.7. The van der Waals surface area contributed by atoms with Gasteiger partial charge in [-0.1, -0.05) is 96.1 Å². The van der Waals surface area contributed by atoms with Gasteiger partial charge in [0.15, 0.2) is 0 Å². The number of benzene rings is 4. The lowest BCUT2D eigenvalue weighted by atomic mass is 10.1. The Morgan fingerprint density at radius 1 is 0.513 bits per heavy atom. The summed E-state index contributed by atoms with van der Waals surface area (Å²) in [6, 6.07) is 29.7. The van der Waals surface area contributed by atoms with Gasteiger partial charge >= 0.3 is 0 Å². The second-order valence-electron chi connectivity index (χ2n) is 10.5. The Balaban J connectivity index is 1.57. The molecule has 0 aromatic heterocycles. The highest BCUT2D eigenvalue weighted by molar-refractivity contribution is 6.04. The third-order valence-corrected chi connectivity index (χ3v) is 7.05. The number of aliphatic imine (C=N–C) groups is 2. The van der Waals surface area contributed by atoms with Crippen molar-refractivity contribution in [2.45, 2.75) is 41.5 Å².